The van der Waals surface area contributed by atoms with E-state index in [9.17, 15) is 0 Å². The van der Waals surface area contributed by atoms with Crippen LogP contribution in [0.5, 0.6) is 0 Å². The van der Waals surface area contributed by atoms with Crippen molar-refractivity contribution in [2.45, 2.75) is 46.5 Å². The predicted molar refractivity (Wildman–Crippen MR) is 51.5 cm³/mol. The Bertz CT molecular complexity index is 96.0. The fourth-order valence-electron chi connectivity index (χ4n) is 1.80. The van der Waals surface area contributed by atoms with Crippen LogP contribution >= 0.6 is 0 Å². The van der Waals surface area contributed by atoms with Crippen LogP contribution in [0.25, 0.3) is 0 Å². The third kappa shape index (κ3) is 5.27. The van der Waals surface area contributed by atoms with Crippen molar-refractivity contribution >= 4 is 23.1 Å². The summed E-state index contributed by atoms with van der Waals surface area (Å²) >= 11 is 0. The van der Waals surface area contributed by atoms with Crippen LogP contribution in [0.2, 0.25) is 0 Å². The molecule has 0 amide bonds. The van der Waals surface area contributed by atoms with E-state index in [-0.39, 0.29) is 47.0 Å². The Morgan fingerprint density at radius 3 is 1.92 bits per heavy atom. The topological polar surface area (TPSA) is 0 Å². The molecule has 0 N–H and O–H groups in total. The maximum atomic E-state index is 2.35. The Kier molecular flexibility index (Phi) is 10.4. The molecule has 0 aromatic carbocycles. The van der Waals surface area contributed by atoms with Gasteiger partial charge in [-0.3, -0.25) is 0 Å². The Hall–Kier alpha value is 1.50. The second-order valence-electron chi connectivity index (χ2n) is 4.04. The van der Waals surface area contributed by atoms with Crippen molar-refractivity contribution in [3.8, 4) is 0 Å². The molecule has 1 rings (SSSR count). The molecule has 0 radical (unpaired) electrons. The van der Waals surface area contributed by atoms with Crippen LogP contribution in [0.15, 0.2) is 0 Å². The number of hydrogen-bond donors (Lipinski definition) is 0. The standard InChI is InChI=1S/C10H19.HI.Mg/c1-8(2)10-6-4-9(3)5-7-10;;/h8,10H,4-7H2,1-3H3;1H;/q-1;;+2/p-1. The summed E-state index contributed by atoms with van der Waals surface area (Å²) in [6.07, 6.45) is 5.68. The zero-order valence-corrected chi connectivity index (χ0v) is 12.1. The molecular formula is C10H19IMg. The molecule has 0 aromatic rings. The van der Waals surface area contributed by atoms with Crippen LogP contribution < -0.4 is 24.0 Å². The molecule has 0 unspecified atom stereocenters. The molecule has 1 saturated carbocycles. The van der Waals surface area contributed by atoms with Gasteiger partial charge in [0.15, 0.2) is 0 Å². The molecule has 0 saturated heterocycles. The summed E-state index contributed by atoms with van der Waals surface area (Å²) in [4.78, 5) is 0. The van der Waals surface area contributed by atoms with Crippen molar-refractivity contribution in [3.05, 3.63) is 5.92 Å². The minimum Gasteiger partial charge on any atom is -1.00 e. The van der Waals surface area contributed by atoms with Gasteiger partial charge in [0.05, 0.1) is 0 Å². The first-order chi connectivity index (χ1) is 4.70. The molecule has 0 aromatic heterocycles. The van der Waals surface area contributed by atoms with Gasteiger partial charge in [-0.05, 0) is 11.8 Å². The molecule has 2 heteroatoms. The van der Waals surface area contributed by atoms with E-state index in [4.69, 9.17) is 0 Å². The van der Waals surface area contributed by atoms with Gasteiger partial charge in [0.1, 0.15) is 0 Å². The first-order valence-corrected chi connectivity index (χ1v) is 4.51. The first kappa shape index (κ1) is 15.9. The van der Waals surface area contributed by atoms with Crippen molar-refractivity contribution in [3.63, 3.8) is 0 Å². The summed E-state index contributed by atoms with van der Waals surface area (Å²) in [6.45, 7) is 7.01. The molecule has 68 valence electrons. The first-order valence-electron chi connectivity index (χ1n) is 4.51. The second kappa shape index (κ2) is 7.86. The van der Waals surface area contributed by atoms with Gasteiger partial charge >= 0.3 is 23.1 Å². The van der Waals surface area contributed by atoms with Gasteiger partial charge in [-0.2, -0.15) is 19.8 Å². The fourth-order valence-corrected chi connectivity index (χ4v) is 1.80. The van der Waals surface area contributed by atoms with Gasteiger partial charge in [0, 0.05) is 0 Å². The fraction of sp³-hybridized carbons (Fsp3) is 0.900. The summed E-state index contributed by atoms with van der Waals surface area (Å²) in [5.41, 5.74) is 0. The summed E-state index contributed by atoms with van der Waals surface area (Å²) in [7, 11) is 0. The molecule has 0 atom stereocenters. The Balaban J connectivity index is 0. The molecule has 0 bridgehead atoms. The Labute approximate surface area is 110 Å². The van der Waals surface area contributed by atoms with Crippen molar-refractivity contribution in [1.82, 2.24) is 0 Å². The maximum absolute atomic E-state index is 2.35. The smallest absolute Gasteiger partial charge is 1.00 e. The van der Waals surface area contributed by atoms with Crippen LogP contribution in [0, 0.1) is 17.8 Å². The number of halogens is 1. The van der Waals surface area contributed by atoms with E-state index >= 15 is 0 Å². The van der Waals surface area contributed by atoms with Crippen LogP contribution in [-0.2, 0) is 0 Å². The molecule has 1 fully saturated rings. The SMILES string of the molecule is C[C-]1CCC(C(C)C)CC1.[I-].[Mg+2]. The third-order valence-electron chi connectivity index (χ3n) is 2.83. The normalized spacial score (nSPS) is 20.0. The maximum Gasteiger partial charge on any atom is 2.00 e. The van der Waals surface area contributed by atoms with E-state index in [0.717, 1.165) is 11.8 Å². The third-order valence-corrected chi connectivity index (χ3v) is 2.83. The Morgan fingerprint density at radius 2 is 1.58 bits per heavy atom. The molecule has 1 aliphatic rings. The van der Waals surface area contributed by atoms with Crippen LogP contribution in [0.3, 0.4) is 0 Å². The van der Waals surface area contributed by atoms with Crippen LogP contribution in [0.4, 0.5) is 0 Å². The van der Waals surface area contributed by atoms with Crippen LogP contribution in [0.1, 0.15) is 46.5 Å². The monoisotopic (exact) mass is 290 g/mol. The average molecular weight is 290 g/mol. The summed E-state index contributed by atoms with van der Waals surface area (Å²) in [6, 6.07) is 0. The summed E-state index contributed by atoms with van der Waals surface area (Å²) in [5.74, 6) is 3.65. The minimum absolute atomic E-state index is 0. The summed E-state index contributed by atoms with van der Waals surface area (Å²) in [5, 5.41) is 0. The van der Waals surface area contributed by atoms with E-state index in [1.54, 1.807) is 5.92 Å². The largest absolute Gasteiger partial charge is 2.00 e. The summed E-state index contributed by atoms with van der Waals surface area (Å²) < 4.78 is 0. The zero-order chi connectivity index (χ0) is 7.56. The van der Waals surface area contributed by atoms with Crippen molar-refractivity contribution in [2.75, 3.05) is 0 Å². The average Bonchev–Trinajstić information content (AvgIpc) is 1.88. The van der Waals surface area contributed by atoms with Crippen molar-refractivity contribution in [1.29, 1.82) is 0 Å². The van der Waals surface area contributed by atoms with E-state index in [1.165, 1.54) is 25.7 Å². The van der Waals surface area contributed by atoms with E-state index in [0.29, 0.717) is 0 Å². The van der Waals surface area contributed by atoms with Crippen molar-refractivity contribution < 1.29 is 24.0 Å². The van der Waals surface area contributed by atoms with Gasteiger partial charge in [-0.1, -0.05) is 26.7 Å². The minimum atomic E-state index is 0. The molecule has 12 heavy (non-hydrogen) atoms. The predicted octanol–water partition coefficient (Wildman–Crippen LogP) is 0.0502. The van der Waals surface area contributed by atoms with Gasteiger partial charge < -0.3 is 29.9 Å². The van der Waals surface area contributed by atoms with Gasteiger partial charge in [0.25, 0.3) is 0 Å². The van der Waals surface area contributed by atoms with Crippen LogP contribution in [-0.4, -0.2) is 23.1 Å². The number of rotatable bonds is 1. The Morgan fingerprint density at radius 1 is 1.17 bits per heavy atom. The molecule has 1 aliphatic carbocycles. The van der Waals surface area contributed by atoms with E-state index in [1.807, 2.05) is 0 Å². The van der Waals surface area contributed by atoms with E-state index in [2.05, 4.69) is 20.8 Å². The second-order valence-corrected chi connectivity index (χ2v) is 4.04. The molecular weight excluding hydrogens is 271 g/mol. The number of hydrogen-bond acceptors (Lipinski definition) is 0. The van der Waals surface area contributed by atoms with Gasteiger partial charge in [-0.15, -0.1) is 0 Å². The van der Waals surface area contributed by atoms with Gasteiger partial charge in [0.2, 0.25) is 0 Å². The molecule has 0 heterocycles. The quantitative estimate of drug-likeness (QED) is 0.364. The van der Waals surface area contributed by atoms with E-state index < -0.39 is 0 Å². The molecule has 0 spiro atoms. The van der Waals surface area contributed by atoms with Gasteiger partial charge in [-0.25, -0.2) is 0 Å². The zero-order valence-electron chi connectivity index (χ0n) is 8.57. The molecule has 0 nitrogen and oxygen atoms in total. The molecule has 0 aliphatic heterocycles. The van der Waals surface area contributed by atoms with Crippen molar-refractivity contribution in [2.24, 2.45) is 11.8 Å².